The van der Waals surface area contributed by atoms with Crippen molar-refractivity contribution in [3.05, 3.63) is 35.9 Å². The number of hydrogen-bond donors (Lipinski definition) is 1. The van der Waals surface area contributed by atoms with E-state index in [4.69, 9.17) is 5.73 Å². The Morgan fingerprint density at radius 1 is 1.35 bits per heavy atom. The highest BCUT2D eigenvalue weighted by Gasteiger charge is 2.31. The normalized spacial score (nSPS) is 15.0. The number of halogens is 1. The molecule has 1 fully saturated rings. The molecule has 0 saturated heterocycles. The summed E-state index contributed by atoms with van der Waals surface area (Å²) in [4.78, 5) is 4.65. The molecule has 0 spiro atoms. The summed E-state index contributed by atoms with van der Waals surface area (Å²) in [7, 11) is 0. The zero-order valence-corrected chi connectivity index (χ0v) is 11.9. The van der Waals surface area contributed by atoms with E-state index < -0.39 is 0 Å². The van der Waals surface area contributed by atoms with Gasteiger partial charge >= 0.3 is 0 Å². The summed E-state index contributed by atoms with van der Waals surface area (Å²) in [5, 5.41) is 0. The molecule has 3 rings (SSSR count). The molecule has 1 saturated carbocycles. The lowest BCUT2D eigenvalue weighted by Crippen LogP contribution is -2.11. The van der Waals surface area contributed by atoms with Gasteiger partial charge in [-0.15, -0.1) is 0 Å². The number of nitrogen functional groups attached to an aromatic ring is 1. The number of rotatable bonds is 4. The second kappa shape index (κ2) is 4.93. The van der Waals surface area contributed by atoms with Crippen LogP contribution in [0.4, 0.5) is 10.2 Å². The Balaban J connectivity index is 2.10. The number of benzene rings is 1. The molecule has 3 nitrogen and oxygen atoms in total. The van der Waals surface area contributed by atoms with Gasteiger partial charge in [0.2, 0.25) is 0 Å². The third kappa shape index (κ3) is 2.30. The van der Waals surface area contributed by atoms with Crippen molar-refractivity contribution in [2.24, 2.45) is 5.92 Å². The molecule has 1 aromatic carbocycles. The lowest BCUT2D eigenvalue weighted by molar-refractivity contribution is 0.512. The van der Waals surface area contributed by atoms with Crippen molar-refractivity contribution in [1.82, 2.24) is 9.55 Å². The van der Waals surface area contributed by atoms with E-state index in [2.05, 4.69) is 23.4 Å². The quantitative estimate of drug-likeness (QED) is 0.920. The minimum Gasteiger partial charge on any atom is -0.383 e. The van der Waals surface area contributed by atoms with E-state index in [1.54, 1.807) is 12.1 Å². The van der Waals surface area contributed by atoms with Crippen LogP contribution in [0.2, 0.25) is 0 Å². The molecule has 0 amide bonds. The van der Waals surface area contributed by atoms with Gasteiger partial charge in [0.05, 0.1) is 0 Å². The Bertz CT molecular complexity index is 627. The van der Waals surface area contributed by atoms with Crippen molar-refractivity contribution < 1.29 is 4.39 Å². The zero-order chi connectivity index (χ0) is 14.3. The van der Waals surface area contributed by atoms with Gasteiger partial charge in [0.1, 0.15) is 23.2 Å². The largest absolute Gasteiger partial charge is 0.383 e. The average Bonchev–Trinajstić information content (AvgIpc) is 3.19. The van der Waals surface area contributed by atoms with Gasteiger partial charge in [-0.25, -0.2) is 9.37 Å². The number of nitrogens with two attached hydrogens (primary N) is 1. The maximum Gasteiger partial charge on any atom is 0.132 e. The van der Waals surface area contributed by atoms with Crippen molar-refractivity contribution in [1.29, 1.82) is 0 Å². The van der Waals surface area contributed by atoms with Crippen LogP contribution in [0.25, 0.3) is 11.3 Å². The number of nitrogens with zero attached hydrogens (tertiary/aromatic N) is 2. The van der Waals surface area contributed by atoms with Crippen molar-refractivity contribution >= 4 is 5.82 Å². The molecule has 0 radical (unpaired) electrons. The van der Waals surface area contributed by atoms with E-state index in [1.165, 1.54) is 6.07 Å². The standard InChI is InChI=1S/C16H20FN3/c1-10(2)9-20-15(18)14(19-16(20)11-7-8-11)12-5-3-4-6-13(12)17/h3-6,10-11H,7-9,18H2,1-2H3. The van der Waals surface area contributed by atoms with Gasteiger partial charge in [0.25, 0.3) is 0 Å². The van der Waals surface area contributed by atoms with E-state index in [9.17, 15) is 4.39 Å². The second-order valence-corrected chi connectivity index (χ2v) is 5.96. The van der Waals surface area contributed by atoms with E-state index in [-0.39, 0.29) is 5.82 Å². The summed E-state index contributed by atoms with van der Waals surface area (Å²) in [5.41, 5.74) is 7.34. The molecule has 1 heterocycles. The van der Waals surface area contributed by atoms with Gasteiger partial charge in [-0.1, -0.05) is 26.0 Å². The van der Waals surface area contributed by atoms with Crippen LogP contribution >= 0.6 is 0 Å². The van der Waals surface area contributed by atoms with E-state index in [1.807, 2.05) is 6.07 Å². The summed E-state index contributed by atoms with van der Waals surface area (Å²) in [6.07, 6.45) is 2.32. The van der Waals surface area contributed by atoms with Gasteiger partial charge in [-0.05, 0) is 30.9 Å². The first-order valence-electron chi connectivity index (χ1n) is 7.18. The predicted octanol–water partition coefficient (Wildman–Crippen LogP) is 3.80. The Hall–Kier alpha value is -1.84. The Morgan fingerprint density at radius 2 is 2.05 bits per heavy atom. The number of anilines is 1. The molecule has 0 bridgehead atoms. The van der Waals surface area contributed by atoms with Crippen LogP contribution < -0.4 is 5.73 Å². The fourth-order valence-corrected chi connectivity index (χ4v) is 2.55. The van der Waals surface area contributed by atoms with Crippen LogP contribution in [-0.2, 0) is 6.54 Å². The van der Waals surface area contributed by atoms with Gasteiger partial charge in [0.15, 0.2) is 0 Å². The van der Waals surface area contributed by atoms with Gasteiger partial charge in [-0.3, -0.25) is 0 Å². The van der Waals surface area contributed by atoms with Gasteiger partial charge in [-0.2, -0.15) is 0 Å². The first kappa shape index (κ1) is 13.2. The maximum atomic E-state index is 14.0. The third-order valence-corrected chi connectivity index (χ3v) is 3.66. The zero-order valence-electron chi connectivity index (χ0n) is 11.9. The molecule has 1 aliphatic carbocycles. The molecular weight excluding hydrogens is 253 g/mol. The molecule has 106 valence electrons. The fraction of sp³-hybridized carbons (Fsp3) is 0.438. The summed E-state index contributed by atoms with van der Waals surface area (Å²) in [6, 6.07) is 6.69. The molecule has 2 N–H and O–H groups in total. The molecule has 1 aromatic heterocycles. The highest BCUT2D eigenvalue weighted by molar-refractivity contribution is 5.71. The first-order valence-corrected chi connectivity index (χ1v) is 7.18. The van der Waals surface area contributed by atoms with Gasteiger partial charge in [0, 0.05) is 18.0 Å². The Kier molecular flexibility index (Phi) is 3.24. The Morgan fingerprint density at radius 3 is 2.65 bits per heavy atom. The summed E-state index contributed by atoms with van der Waals surface area (Å²) in [5.74, 6) is 2.32. The van der Waals surface area contributed by atoms with Crippen molar-refractivity contribution in [2.75, 3.05) is 5.73 Å². The van der Waals surface area contributed by atoms with Crippen LogP contribution in [0.15, 0.2) is 24.3 Å². The van der Waals surface area contributed by atoms with Crippen molar-refractivity contribution in [2.45, 2.75) is 39.2 Å². The third-order valence-electron chi connectivity index (χ3n) is 3.66. The maximum absolute atomic E-state index is 14.0. The molecular formula is C16H20FN3. The van der Waals surface area contributed by atoms with E-state index in [0.717, 1.165) is 25.2 Å². The topological polar surface area (TPSA) is 43.8 Å². The average molecular weight is 273 g/mol. The lowest BCUT2D eigenvalue weighted by Gasteiger charge is -2.11. The van der Waals surface area contributed by atoms with Crippen LogP contribution in [-0.4, -0.2) is 9.55 Å². The highest BCUT2D eigenvalue weighted by Crippen LogP contribution is 2.42. The Labute approximate surface area is 118 Å². The van der Waals surface area contributed by atoms with Crippen molar-refractivity contribution in [3.8, 4) is 11.3 Å². The molecule has 0 unspecified atom stereocenters. The smallest absolute Gasteiger partial charge is 0.132 e. The van der Waals surface area contributed by atoms with E-state index >= 15 is 0 Å². The van der Waals surface area contributed by atoms with E-state index in [0.29, 0.717) is 28.9 Å². The molecule has 0 aliphatic heterocycles. The monoisotopic (exact) mass is 273 g/mol. The minimum atomic E-state index is -0.268. The number of aromatic nitrogens is 2. The molecule has 0 atom stereocenters. The van der Waals surface area contributed by atoms with Crippen molar-refractivity contribution in [3.63, 3.8) is 0 Å². The number of hydrogen-bond acceptors (Lipinski definition) is 2. The lowest BCUT2D eigenvalue weighted by atomic mass is 10.1. The summed E-state index contributed by atoms with van der Waals surface area (Å²) in [6.45, 7) is 5.14. The van der Waals surface area contributed by atoms with Crippen LogP contribution in [0.3, 0.4) is 0 Å². The molecule has 1 aliphatic rings. The molecule has 4 heteroatoms. The molecule has 2 aromatic rings. The second-order valence-electron chi connectivity index (χ2n) is 5.96. The van der Waals surface area contributed by atoms with Crippen LogP contribution in [0.1, 0.15) is 38.4 Å². The predicted molar refractivity (Wildman–Crippen MR) is 78.8 cm³/mol. The minimum absolute atomic E-state index is 0.268. The van der Waals surface area contributed by atoms with Crippen LogP contribution in [0.5, 0.6) is 0 Å². The first-order chi connectivity index (χ1) is 9.58. The highest BCUT2D eigenvalue weighted by atomic mass is 19.1. The summed E-state index contributed by atoms with van der Waals surface area (Å²) < 4.78 is 16.0. The molecule has 20 heavy (non-hydrogen) atoms. The summed E-state index contributed by atoms with van der Waals surface area (Å²) >= 11 is 0. The number of imidazole rings is 1. The SMILES string of the molecule is CC(C)Cn1c(C2CC2)nc(-c2ccccc2F)c1N. The fourth-order valence-electron chi connectivity index (χ4n) is 2.55. The van der Waals surface area contributed by atoms with Crippen LogP contribution in [0, 0.1) is 11.7 Å². The van der Waals surface area contributed by atoms with Gasteiger partial charge < -0.3 is 10.3 Å².